The first kappa shape index (κ1) is 10.5. The number of carboxylic acid groups (broad SMARTS) is 1. The molecule has 14 heavy (non-hydrogen) atoms. The second-order valence-electron chi connectivity index (χ2n) is 3.04. The van der Waals surface area contributed by atoms with Gasteiger partial charge < -0.3 is 9.67 Å². The maximum Gasteiger partial charge on any atom is 0.331 e. The van der Waals surface area contributed by atoms with E-state index in [0.717, 1.165) is 12.2 Å². The third kappa shape index (κ3) is 2.45. The molecule has 1 heterocycles. The Bertz CT molecular complexity index is 353. The van der Waals surface area contributed by atoms with Crippen LogP contribution in [0.5, 0.6) is 0 Å². The second-order valence-corrected chi connectivity index (χ2v) is 3.04. The zero-order chi connectivity index (χ0) is 10.6. The second kappa shape index (κ2) is 4.60. The quantitative estimate of drug-likeness (QED) is 0.738. The fourth-order valence-electron chi connectivity index (χ4n) is 1.14. The predicted octanol–water partition coefficient (Wildman–Crippen LogP) is 1.48. The number of nitrogens with zero attached hydrogens (tertiary/aromatic N) is 2. The summed E-state index contributed by atoms with van der Waals surface area (Å²) in [6.45, 7) is 4.18. The largest absolute Gasteiger partial charge is 0.478 e. The zero-order valence-electron chi connectivity index (χ0n) is 8.40. The molecule has 0 saturated carbocycles. The number of aliphatic carboxylic acids is 1. The van der Waals surface area contributed by atoms with Gasteiger partial charge in [-0.1, -0.05) is 13.0 Å². The minimum absolute atomic E-state index is 0.362. The fourth-order valence-corrected chi connectivity index (χ4v) is 1.14. The van der Waals surface area contributed by atoms with E-state index in [4.69, 9.17) is 5.11 Å². The molecule has 0 radical (unpaired) electrons. The van der Waals surface area contributed by atoms with Crippen molar-refractivity contribution in [1.29, 1.82) is 0 Å². The predicted molar refractivity (Wildman–Crippen MR) is 53.0 cm³/mol. The van der Waals surface area contributed by atoms with Crippen molar-refractivity contribution in [3.8, 4) is 0 Å². The monoisotopic (exact) mass is 194 g/mol. The van der Waals surface area contributed by atoms with Gasteiger partial charge in [-0.15, -0.1) is 0 Å². The third-order valence-electron chi connectivity index (χ3n) is 2.05. The number of carbonyl (C=O) groups is 1. The van der Waals surface area contributed by atoms with Crippen molar-refractivity contribution in [2.75, 3.05) is 0 Å². The molecule has 0 unspecified atom stereocenters. The van der Waals surface area contributed by atoms with Crippen molar-refractivity contribution in [3.05, 3.63) is 29.9 Å². The Balaban J connectivity index is 2.70. The van der Waals surface area contributed by atoms with Crippen LogP contribution in [-0.4, -0.2) is 20.6 Å². The summed E-state index contributed by atoms with van der Waals surface area (Å²) < 4.78 is 1.94. The van der Waals surface area contributed by atoms with Gasteiger partial charge in [-0.25, -0.2) is 9.78 Å². The lowest BCUT2D eigenvalue weighted by Crippen LogP contribution is -2.03. The Morgan fingerprint density at radius 3 is 3.00 bits per heavy atom. The van der Waals surface area contributed by atoms with Crippen molar-refractivity contribution in [1.82, 2.24) is 9.55 Å². The molecule has 0 fully saturated rings. The number of hydrogen-bond donors (Lipinski definition) is 1. The molecule has 4 nitrogen and oxygen atoms in total. The van der Waals surface area contributed by atoms with E-state index >= 15 is 0 Å². The molecule has 0 atom stereocenters. The Labute approximate surface area is 82.9 Å². The highest BCUT2D eigenvalue weighted by molar-refractivity contribution is 5.85. The van der Waals surface area contributed by atoms with Crippen molar-refractivity contribution in [2.45, 2.75) is 26.8 Å². The summed E-state index contributed by atoms with van der Waals surface area (Å²) in [5.41, 5.74) is 0.362. The Kier molecular flexibility index (Phi) is 3.45. The highest BCUT2D eigenvalue weighted by atomic mass is 16.4. The SMILES string of the molecule is CCc1nccn1CC=C(C)C(=O)O. The Morgan fingerprint density at radius 2 is 2.43 bits per heavy atom. The van der Waals surface area contributed by atoms with Crippen molar-refractivity contribution < 1.29 is 9.90 Å². The molecule has 1 N–H and O–H groups in total. The molecule has 0 amide bonds. The number of imidazole rings is 1. The van der Waals surface area contributed by atoms with E-state index in [0.29, 0.717) is 12.1 Å². The number of aromatic nitrogens is 2. The van der Waals surface area contributed by atoms with Gasteiger partial charge in [0.05, 0.1) is 0 Å². The van der Waals surface area contributed by atoms with Gasteiger partial charge in [-0.2, -0.15) is 0 Å². The Hall–Kier alpha value is -1.58. The highest BCUT2D eigenvalue weighted by Crippen LogP contribution is 2.01. The number of allylic oxidation sites excluding steroid dienone is 1. The van der Waals surface area contributed by atoms with E-state index in [1.807, 2.05) is 17.7 Å². The van der Waals surface area contributed by atoms with E-state index < -0.39 is 5.97 Å². The molecule has 0 aliphatic heterocycles. The van der Waals surface area contributed by atoms with Gasteiger partial charge in [-0.3, -0.25) is 0 Å². The molecular formula is C10H14N2O2. The molecule has 0 bridgehead atoms. The fraction of sp³-hybridized carbons (Fsp3) is 0.400. The molecule has 0 aliphatic carbocycles. The van der Waals surface area contributed by atoms with Crippen LogP contribution in [-0.2, 0) is 17.8 Å². The van der Waals surface area contributed by atoms with Crippen LogP contribution < -0.4 is 0 Å². The molecule has 4 heteroatoms. The van der Waals surface area contributed by atoms with E-state index in [9.17, 15) is 4.79 Å². The average Bonchev–Trinajstić information content (AvgIpc) is 2.60. The summed E-state index contributed by atoms with van der Waals surface area (Å²) >= 11 is 0. The smallest absolute Gasteiger partial charge is 0.331 e. The molecule has 76 valence electrons. The summed E-state index contributed by atoms with van der Waals surface area (Å²) in [6, 6.07) is 0. The lowest BCUT2D eigenvalue weighted by atomic mass is 10.3. The summed E-state index contributed by atoms with van der Waals surface area (Å²) in [5, 5.41) is 8.64. The lowest BCUT2D eigenvalue weighted by Gasteiger charge is -2.02. The standard InChI is InChI=1S/C10H14N2O2/c1-3-9-11-5-7-12(9)6-4-8(2)10(13)14/h4-5,7H,3,6H2,1-2H3,(H,13,14). The normalized spacial score (nSPS) is 11.7. The molecule has 0 aromatic carbocycles. The van der Waals surface area contributed by atoms with Gasteiger partial charge in [-0.05, 0) is 6.92 Å². The molecule has 0 saturated heterocycles. The maximum atomic E-state index is 10.5. The third-order valence-corrected chi connectivity index (χ3v) is 2.05. The summed E-state index contributed by atoms with van der Waals surface area (Å²) in [6.07, 6.45) is 6.11. The van der Waals surface area contributed by atoms with Crippen molar-refractivity contribution >= 4 is 5.97 Å². The molecule has 1 aromatic heterocycles. The van der Waals surface area contributed by atoms with Gasteiger partial charge in [0, 0.05) is 30.9 Å². The topological polar surface area (TPSA) is 55.1 Å². The van der Waals surface area contributed by atoms with Crippen LogP contribution in [0, 0.1) is 0 Å². The first-order valence-corrected chi connectivity index (χ1v) is 4.55. The minimum Gasteiger partial charge on any atom is -0.478 e. The summed E-state index contributed by atoms with van der Waals surface area (Å²) in [4.78, 5) is 14.7. The molecule has 0 aliphatic rings. The van der Waals surface area contributed by atoms with Crippen LogP contribution in [0.2, 0.25) is 0 Å². The van der Waals surface area contributed by atoms with Crippen LogP contribution in [0.15, 0.2) is 24.0 Å². The zero-order valence-corrected chi connectivity index (χ0v) is 8.40. The van der Waals surface area contributed by atoms with E-state index in [1.165, 1.54) is 0 Å². The molecular weight excluding hydrogens is 180 g/mol. The minimum atomic E-state index is -0.872. The highest BCUT2D eigenvalue weighted by Gasteiger charge is 2.01. The van der Waals surface area contributed by atoms with Crippen molar-refractivity contribution in [2.24, 2.45) is 0 Å². The van der Waals surface area contributed by atoms with Gasteiger partial charge in [0.15, 0.2) is 0 Å². The van der Waals surface area contributed by atoms with Crippen LogP contribution in [0.25, 0.3) is 0 Å². The van der Waals surface area contributed by atoms with Crippen LogP contribution in [0.3, 0.4) is 0 Å². The first-order valence-electron chi connectivity index (χ1n) is 4.55. The molecule has 1 aromatic rings. The number of carboxylic acids is 1. The van der Waals surface area contributed by atoms with E-state index in [2.05, 4.69) is 4.98 Å². The summed E-state index contributed by atoms with van der Waals surface area (Å²) in [7, 11) is 0. The van der Waals surface area contributed by atoms with Gasteiger partial charge >= 0.3 is 5.97 Å². The Morgan fingerprint density at radius 1 is 1.71 bits per heavy atom. The number of aryl methyl sites for hydroxylation is 1. The van der Waals surface area contributed by atoms with Gasteiger partial charge in [0.2, 0.25) is 0 Å². The van der Waals surface area contributed by atoms with Crippen molar-refractivity contribution in [3.63, 3.8) is 0 Å². The first-order chi connectivity index (χ1) is 6.65. The van der Waals surface area contributed by atoms with E-state index in [-0.39, 0.29) is 0 Å². The molecule has 1 rings (SSSR count). The van der Waals surface area contributed by atoms with E-state index in [1.54, 1.807) is 19.2 Å². The van der Waals surface area contributed by atoms with Gasteiger partial charge in [0.1, 0.15) is 5.82 Å². The van der Waals surface area contributed by atoms with Crippen LogP contribution >= 0.6 is 0 Å². The van der Waals surface area contributed by atoms with Crippen LogP contribution in [0.1, 0.15) is 19.7 Å². The maximum absolute atomic E-state index is 10.5. The number of rotatable bonds is 4. The number of hydrogen-bond acceptors (Lipinski definition) is 2. The molecule has 0 spiro atoms. The van der Waals surface area contributed by atoms with Crippen LogP contribution in [0.4, 0.5) is 0 Å². The summed E-state index contributed by atoms with van der Waals surface area (Å²) in [5.74, 6) is 0.0996. The lowest BCUT2D eigenvalue weighted by molar-refractivity contribution is -0.132. The van der Waals surface area contributed by atoms with Gasteiger partial charge in [0.25, 0.3) is 0 Å². The average molecular weight is 194 g/mol.